The number of amides is 1. The van der Waals surface area contributed by atoms with Crippen molar-refractivity contribution >= 4 is 44.8 Å². The lowest BCUT2D eigenvalue weighted by Crippen LogP contribution is -2.26. The molecule has 2 aromatic rings. The van der Waals surface area contributed by atoms with Gasteiger partial charge in [-0.2, -0.15) is 0 Å². The van der Waals surface area contributed by atoms with Crippen LogP contribution in [-0.2, 0) is 6.42 Å². The lowest BCUT2D eigenvalue weighted by atomic mass is 10.2. The Kier molecular flexibility index (Phi) is 4.96. The Labute approximate surface area is 129 Å². The molecule has 0 saturated heterocycles. The highest BCUT2D eigenvalue weighted by molar-refractivity contribution is 9.10. The van der Waals surface area contributed by atoms with E-state index in [0.29, 0.717) is 17.1 Å². The summed E-state index contributed by atoms with van der Waals surface area (Å²) in [7, 11) is 0. The number of carbonyl (C=O) groups excluding carboxylic acids is 1. The van der Waals surface area contributed by atoms with E-state index in [1.165, 1.54) is 0 Å². The molecule has 3 nitrogen and oxygen atoms in total. The molecule has 1 N–H and O–H groups in total. The van der Waals surface area contributed by atoms with Crippen LogP contribution in [0.3, 0.4) is 0 Å². The normalized spacial score (nSPS) is 10.5. The van der Waals surface area contributed by atoms with E-state index in [0.717, 1.165) is 21.6 Å². The molecule has 19 heavy (non-hydrogen) atoms. The average molecular weight is 360 g/mol. The number of rotatable bonds is 4. The third-order valence-electron chi connectivity index (χ3n) is 2.46. The van der Waals surface area contributed by atoms with Crippen LogP contribution < -0.4 is 5.32 Å². The summed E-state index contributed by atoms with van der Waals surface area (Å²) >= 11 is 10.8. The van der Waals surface area contributed by atoms with Gasteiger partial charge in [-0.3, -0.25) is 4.79 Å². The summed E-state index contributed by atoms with van der Waals surface area (Å²) < 4.78 is 0.736. The van der Waals surface area contributed by atoms with Crippen LogP contribution in [0.15, 0.2) is 28.1 Å². The highest BCUT2D eigenvalue weighted by atomic mass is 79.9. The Morgan fingerprint density at radius 2 is 2.32 bits per heavy atom. The van der Waals surface area contributed by atoms with E-state index in [1.54, 1.807) is 29.5 Å². The number of carbonyl (C=O) groups is 1. The van der Waals surface area contributed by atoms with Gasteiger partial charge in [0.2, 0.25) is 0 Å². The maximum absolute atomic E-state index is 12.0. The van der Waals surface area contributed by atoms with E-state index in [1.807, 2.05) is 12.3 Å². The minimum absolute atomic E-state index is 0.136. The first-order valence-corrected chi connectivity index (χ1v) is 7.75. The zero-order valence-electron chi connectivity index (χ0n) is 10.2. The maximum Gasteiger partial charge on any atom is 0.252 e. The van der Waals surface area contributed by atoms with Gasteiger partial charge in [0.15, 0.2) is 0 Å². The predicted octanol–water partition coefficient (Wildman–Crippen LogP) is 3.84. The quantitative estimate of drug-likeness (QED) is 0.901. The first kappa shape index (κ1) is 14.5. The molecule has 0 spiro atoms. The third kappa shape index (κ3) is 4.03. The van der Waals surface area contributed by atoms with Gasteiger partial charge in [0, 0.05) is 33.5 Å². The molecule has 1 heterocycles. The fraction of sp³-hybridized carbons (Fsp3) is 0.231. The van der Waals surface area contributed by atoms with Crippen LogP contribution in [0, 0.1) is 6.92 Å². The molecule has 2 rings (SSSR count). The molecule has 0 fully saturated rings. The summed E-state index contributed by atoms with van der Waals surface area (Å²) in [5, 5.41) is 6.44. The summed E-state index contributed by atoms with van der Waals surface area (Å²) in [6, 6.07) is 5.15. The summed E-state index contributed by atoms with van der Waals surface area (Å²) in [5.74, 6) is -0.136. The first-order valence-electron chi connectivity index (χ1n) is 5.70. The van der Waals surface area contributed by atoms with E-state index in [9.17, 15) is 4.79 Å². The second-order valence-electron chi connectivity index (χ2n) is 4.01. The van der Waals surface area contributed by atoms with Gasteiger partial charge in [0.1, 0.15) is 0 Å². The molecule has 6 heteroatoms. The Hall–Kier alpha value is -0.910. The number of hydrogen-bond donors (Lipinski definition) is 1. The van der Waals surface area contributed by atoms with Crippen molar-refractivity contribution in [3.05, 3.63) is 49.3 Å². The van der Waals surface area contributed by atoms with Gasteiger partial charge >= 0.3 is 0 Å². The zero-order valence-corrected chi connectivity index (χ0v) is 13.4. The topological polar surface area (TPSA) is 42.0 Å². The standard InChI is InChI=1S/C13H12BrClN2OS/c1-8-7-19-12(17-8)4-5-16-13(18)10-6-9(15)2-3-11(10)14/h2-3,6-7H,4-5H2,1H3,(H,16,18). The van der Waals surface area contributed by atoms with Gasteiger partial charge in [-0.25, -0.2) is 4.98 Å². The van der Waals surface area contributed by atoms with Gasteiger partial charge in [-0.15, -0.1) is 11.3 Å². The average Bonchev–Trinajstić information content (AvgIpc) is 2.78. The van der Waals surface area contributed by atoms with Crippen LogP contribution in [0.4, 0.5) is 0 Å². The number of aryl methyl sites for hydroxylation is 1. The third-order valence-corrected chi connectivity index (χ3v) is 4.42. The summed E-state index contributed by atoms with van der Waals surface area (Å²) in [5.41, 5.74) is 1.56. The maximum atomic E-state index is 12.0. The molecule has 0 atom stereocenters. The van der Waals surface area contributed by atoms with E-state index >= 15 is 0 Å². The molecular weight excluding hydrogens is 348 g/mol. The van der Waals surface area contributed by atoms with Crippen LogP contribution >= 0.6 is 38.9 Å². The summed E-state index contributed by atoms with van der Waals surface area (Å²) in [6.07, 6.45) is 0.739. The van der Waals surface area contributed by atoms with Crippen molar-refractivity contribution in [2.45, 2.75) is 13.3 Å². The van der Waals surface area contributed by atoms with Crippen molar-refractivity contribution in [2.75, 3.05) is 6.54 Å². The van der Waals surface area contributed by atoms with Gasteiger partial charge in [-0.05, 0) is 41.1 Å². The molecule has 0 radical (unpaired) electrons. The Morgan fingerprint density at radius 1 is 1.53 bits per heavy atom. The molecular formula is C13H12BrClN2OS. The number of benzene rings is 1. The highest BCUT2D eigenvalue weighted by Gasteiger charge is 2.10. The minimum atomic E-state index is -0.136. The number of thiazole rings is 1. The van der Waals surface area contributed by atoms with E-state index in [2.05, 4.69) is 26.2 Å². The van der Waals surface area contributed by atoms with Crippen molar-refractivity contribution < 1.29 is 4.79 Å². The molecule has 1 aromatic heterocycles. The molecule has 0 aliphatic heterocycles. The number of halogens is 2. The van der Waals surface area contributed by atoms with Gasteiger partial charge in [-0.1, -0.05) is 11.6 Å². The zero-order chi connectivity index (χ0) is 13.8. The smallest absolute Gasteiger partial charge is 0.252 e. The number of nitrogens with one attached hydrogen (secondary N) is 1. The lowest BCUT2D eigenvalue weighted by Gasteiger charge is -2.06. The first-order chi connectivity index (χ1) is 9.06. The fourth-order valence-corrected chi connectivity index (χ4v) is 2.94. The van der Waals surface area contributed by atoms with Crippen molar-refractivity contribution in [1.82, 2.24) is 10.3 Å². The molecule has 0 bridgehead atoms. The second kappa shape index (κ2) is 6.50. The SMILES string of the molecule is Cc1csc(CCNC(=O)c2cc(Cl)ccc2Br)n1. The largest absolute Gasteiger partial charge is 0.352 e. The molecule has 0 aliphatic carbocycles. The molecule has 100 valence electrons. The van der Waals surface area contributed by atoms with Crippen molar-refractivity contribution in [3.8, 4) is 0 Å². The fourth-order valence-electron chi connectivity index (χ4n) is 1.57. The lowest BCUT2D eigenvalue weighted by molar-refractivity contribution is 0.0953. The number of aromatic nitrogens is 1. The molecule has 0 saturated carbocycles. The summed E-state index contributed by atoms with van der Waals surface area (Å²) in [6.45, 7) is 2.52. The summed E-state index contributed by atoms with van der Waals surface area (Å²) in [4.78, 5) is 16.3. The highest BCUT2D eigenvalue weighted by Crippen LogP contribution is 2.21. The number of nitrogens with zero attached hydrogens (tertiary/aromatic N) is 1. The number of hydrogen-bond acceptors (Lipinski definition) is 3. The Morgan fingerprint density at radius 3 is 3.00 bits per heavy atom. The Balaban J connectivity index is 1.92. The molecule has 0 aliphatic rings. The van der Waals surface area contributed by atoms with Gasteiger partial charge < -0.3 is 5.32 Å². The van der Waals surface area contributed by atoms with Crippen LogP contribution in [0.25, 0.3) is 0 Å². The van der Waals surface area contributed by atoms with Crippen molar-refractivity contribution in [2.24, 2.45) is 0 Å². The molecule has 1 amide bonds. The van der Waals surface area contributed by atoms with Crippen LogP contribution in [0.1, 0.15) is 21.1 Å². The van der Waals surface area contributed by atoms with E-state index < -0.39 is 0 Å². The Bertz CT molecular complexity index is 600. The van der Waals surface area contributed by atoms with Gasteiger partial charge in [0.25, 0.3) is 5.91 Å². The second-order valence-corrected chi connectivity index (χ2v) is 6.25. The van der Waals surface area contributed by atoms with E-state index in [-0.39, 0.29) is 5.91 Å². The van der Waals surface area contributed by atoms with Crippen LogP contribution in [-0.4, -0.2) is 17.4 Å². The van der Waals surface area contributed by atoms with E-state index in [4.69, 9.17) is 11.6 Å². The predicted molar refractivity (Wildman–Crippen MR) is 82.0 cm³/mol. The monoisotopic (exact) mass is 358 g/mol. The minimum Gasteiger partial charge on any atom is -0.352 e. The van der Waals surface area contributed by atoms with Gasteiger partial charge in [0.05, 0.1) is 10.6 Å². The van der Waals surface area contributed by atoms with Crippen LogP contribution in [0.5, 0.6) is 0 Å². The van der Waals surface area contributed by atoms with Crippen LogP contribution in [0.2, 0.25) is 5.02 Å². The van der Waals surface area contributed by atoms with Crippen molar-refractivity contribution in [3.63, 3.8) is 0 Å². The molecule has 0 unspecified atom stereocenters. The van der Waals surface area contributed by atoms with Crippen molar-refractivity contribution in [1.29, 1.82) is 0 Å². The molecule has 1 aromatic carbocycles.